The van der Waals surface area contributed by atoms with E-state index in [1.54, 1.807) is 0 Å². The Bertz CT molecular complexity index is 110. The van der Waals surface area contributed by atoms with Crippen LogP contribution in [0.3, 0.4) is 0 Å². The molecule has 0 saturated carbocycles. The fourth-order valence-electron chi connectivity index (χ4n) is 1.38. The number of hydrogen-bond donors (Lipinski definition) is 0. The van der Waals surface area contributed by atoms with E-state index < -0.39 is 0 Å². The molecule has 0 aliphatic heterocycles. The van der Waals surface area contributed by atoms with Gasteiger partial charge in [0.15, 0.2) is 0 Å². The summed E-state index contributed by atoms with van der Waals surface area (Å²) >= 11 is 0. The summed E-state index contributed by atoms with van der Waals surface area (Å²) in [4.78, 5) is 4.57. The molecule has 0 bridgehead atoms. The van der Waals surface area contributed by atoms with E-state index in [-0.39, 0.29) is 0 Å². The normalized spacial score (nSPS) is 9.67. The Morgan fingerprint density at radius 2 is 1.08 bits per heavy atom. The minimum atomic E-state index is 1.05. The van der Waals surface area contributed by atoms with Crippen molar-refractivity contribution in [3.05, 3.63) is 12.4 Å². The molecular weight excluding hydrogens is 148 g/mol. The van der Waals surface area contributed by atoms with Crippen molar-refractivity contribution in [2.24, 2.45) is 0 Å². The van der Waals surface area contributed by atoms with Crippen LogP contribution in [0, 0.1) is 0 Å². The van der Waals surface area contributed by atoms with Crippen molar-refractivity contribution in [1.29, 1.82) is 0 Å². The summed E-state index contributed by atoms with van der Waals surface area (Å²) in [5, 5.41) is 0. The molecule has 0 aromatic heterocycles. The summed E-state index contributed by atoms with van der Waals surface area (Å²) in [6.07, 6.45) is 0. The van der Waals surface area contributed by atoms with Crippen molar-refractivity contribution >= 4 is 0 Å². The summed E-state index contributed by atoms with van der Waals surface area (Å²) in [6.45, 7) is 16.9. The Morgan fingerprint density at radius 1 is 0.833 bits per heavy atom. The van der Waals surface area contributed by atoms with Crippen LogP contribution in [0.2, 0.25) is 0 Å². The highest BCUT2D eigenvalue weighted by Gasteiger charge is 2.07. The maximum atomic E-state index is 4.09. The van der Waals surface area contributed by atoms with Crippen LogP contribution in [-0.4, -0.2) is 36.0 Å². The molecule has 0 spiro atoms. The second-order valence-corrected chi connectivity index (χ2v) is 2.76. The van der Waals surface area contributed by atoms with Gasteiger partial charge in [-0.15, -0.1) is 0 Å². The molecule has 0 amide bonds. The molecule has 12 heavy (non-hydrogen) atoms. The predicted molar refractivity (Wildman–Crippen MR) is 55.0 cm³/mol. The van der Waals surface area contributed by atoms with Crippen molar-refractivity contribution in [2.45, 2.75) is 27.7 Å². The zero-order valence-electron chi connectivity index (χ0n) is 8.93. The van der Waals surface area contributed by atoms with Crippen molar-refractivity contribution < 1.29 is 0 Å². The molecular formula is C10H22N2. The maximum Gasteiger partial charge on any atom is 0.0964 e. The Morgan fingerprint density at radius 3 is 1.25 bits per heavy atom. The van der Waals surface area contributed by atoms with Crippen molar-refractivity contribution in [2.75, 3.05) is 26.2 Å². The highest BCUT2D eigenvalue weighted by molar-refractivity contribution is 4.92. The van der Waals surface area contributed by atoms with Gasteiger partial charge in [-0.3, -0.25) is 0 Å². The summed E-state index contributed by atoms with van der Waals surface area (Å²) in [5.74, 6) is 1.16. The van der Waals surface area contributed by atoms with Crippen LogP contribution in [0.4, 0.5) is 0 Å². The summed E-state index contributed by atoms with van der Waals surface area (Å²) in [5.41, 5.74) is 0. The topological polar surface area (TPSA) is 6.48 Å². The van der Waals surface area contributed by atoms with Crippen molar-refractivity contribution in [3.63, 3.8) is 0 Å². The van der Waals surface area contributed by atoms with Crippen molar-refractivity contribution in [3.8, 4) is 0 Å². The first-order valence-electron chi connectivity index (χ1n) is 4.89. The van der Waals surface area contributed by atoms with Crippen LogP contribution < -0.4 is 0 Å². The molecule has 0 heterocycles. The van der Waals surface area contributed by atoms with Gasteiger partial charge in [-0.05, 0) is 27.7 Å². The molecule has 0 aliphatic rings. The number of nitrogens with zero attached hydrogens (tertiary/aromatic N) is 2. The average Bonchev–Trinajstić information content (AvgIpc) is 2.09. The Balaban J connectivity index is 4.12. The quantitative estimate of drug-likeness (QED) is 0.602. The lowest BCUT2D eigenvalue weighted by atomic mass is 10.4. The highest BCUT2D eigenvalue weighted by atomic mass is 15.3. The van der Waals surface area contributed by atoms with E-state index in [4.69, 9.17) is 0 Å². The molecule has 0 rings (SSSR count). The van der Waals surface area contributed by atoms with E-state index in [2.05, 4.69) is 44.1 Å². The number of hydrogen-bond acceptors (Lipinski definition) is 2. The fraction of sp³-hybridized carbons (Fsp3) is 0.800. The summed E-state index contributed by atoms with van der Waals surface area (Å²) in [7, 11) is 0. The molecule has 0 fully saturated rings. The first-order chi connectivity index (χ1) is 5.71. The SMILES string of the molecule is C=C(N(CC)CC)N(CC)CC. The molecule has 0 saturated heterocycles. The van der Waals surface area contributed by atoms with E-state index in [1.165, 1.54) is 0 Å². The molecule has 72 valence electrons. The van der Waals surface area contributed by atoms with E-state index in [0.29, 0.717) is 0 Å². The lowest BCUT2D eigenvalue weighted by molar-refractivity contribution is 0.237. The molecule has 0 aromatic rings. The van der Waals surface area contributed by atoms with Gasteiger partial charge < -0.3 is 9.80 Å². The molecule has 2 nitrogen and oxygen atoms in total. The van der Waals surface area contributed by atoms with Crippen LogP contribution in [0.15, 0.2) is 12.4 Å². The van der Waals surface area contributed by atoms with E-state index in [0.717, 1.165) is 32.0 Å². The third-order valence-electron chi connectivity index (χ3n) is 2.26. The van der Waals surface area contributed by atoms with Crippen molar-refractivity contribution in [1.82, 2.24) is 9.80 Å². The lowest BCUT2D eigenvalue weighted by Crippen LogP contribution is -2.34. The zero-order valence-corrected chi connectivity index (χ0v) is 8.93. The second kappa shape index (κ2) is 5.92. The van der Waals surface area contributed by atoms with Crippen LogP contribution >= 0.6 is 0 Å². The average molecular weight is 170 g/mol. The van der Waals surface area contributed by atoms with Gasteiger partial charge in [-0.1, -0.05) is 6.58 Å². The van der Waals surface area contributed by atoms with Crippen LogP contribution in [0.25, 0.3) is 0 Å². The molecule has 0 aromatic carbocycles. The van der Waals surface area contributed by atoms with Gasteiger partial charge in [0.1, 0.15) is 0 Å². The molecule has 0 N–H and O–H groups in total. The third-order valence-corrected chi connectivity index (χ3v) is 2.26. The summed E-state index contributed by atoms with van der Waals surface area (Å²) in [6, 6.07) is 0. The molecule has 0 aliphatic carbocycles. The molecule has 2 heteroatoms. The monoisotopic (exact) mass is 170 g/mol. The van der Waals surface area contributed by atoms with Gasteiger partial charge in [-0.2, -0.15) is 0 Å². The second-order valence-electron chi connectivity index (χ2n) is 2.76. The largest absolute Gasteiger partial charge is 0.359 e. The minimum Gasteiger partial charge on any atom is -0.359 e. The van der Waals surface area contributed by atoms with Crippen LogP contribution in [0.5, 0.6) is 0 Å². The first-order valence-corrected chi connectivity index (χ1v) is 4.89. The van der Waals surface area contributed by atoms with Gasteiger partial charge in [0.25, 0.3) is 0 Å². The number of rotatable bonds is 6. The van der Waals surface area contributed by atoms with Gasteiger partial charge in [-0.25, -0.2) is 0 Å². The zero-order chi connectivity index (χ0) is 9.56. The van der Waals surface area contributed by atoms with Gasteiger partial charge in [0.2, 0.25) is 0 Å². The van der Waals surface area contributed by atoms with E-state index in [9.17, 15) is 0 Å². The first kappa shape index (κ1) is 11.3. The van der Waals surface area contributed by atoms with Gasteiger partial charge in [0, 0.05) is 26.2 Å². The predicted octanol–water partition coefficient (Wildman–Crippen LogP) is 2.14. The van der Waals surface area contributed by atoms with Gasteiger partial charge >= 0.3 is 0 Å². The highest BCUT2D eigenvalue weighted by Crippen LogP contribution is 2.06. The molecule has 0 atom stereocenters. The fourth-order valence-corrected chi connectivity index (χ4v) is 1.38. The van der Waals surface area contributed by atoms with Crippen LogP contribution in [-0.2, 0) is 0 Å². The Kier molecular flexibility index (Phi) is 5.60. The third kappa shape index (κ3) is 2.76. The lowest BCUT2D eigenvalue weighted by Gasteiger charge is -2.32. The smallest absolute Gasteiger partial charge is 0.0964 e. The maximum absolute atomic E-state index is 4.09. The summed E-state index contributed by atoms with van der Waals surface area (Å²) < 4.78 is 0. The van der Waals surface area contributed by atoms with Gasteiger partial charge in [0.05, 0.1) is 5.82 Å². The molecule has 0 unspecified atom stereocenters. The Hall–Kier alpha value is -0.660. The standard InChI is InChI=1S/C10H22N2/c1-6-11(7-2)10(5)12(8-3)9-4/h5-9H2,1-4H3. The minimum absolute atomic E-state index is 1.05. The van der Waals surface area contributed by atoms with E-state index >= 15 is 0 Å². The van der Waals surface area contributed by atoms with E-state index in [1.807, 2.05) is 0 Å². The Labute approximate surface area is 76.9 Å². The van der Waals surface area contributed by atoms with Crippen LogP contribution in [0.1, 0.15) is 27.7 Å². The molecule has 0 radical (unpaired) electrons.